The van der Waals surface area contributed by atoms with E-state index in [1.807, 2.05) is 23.5 Å². The van der Waals surface area contributed by atoms with Crippen molar-refractivity contribution in [2.45, 2.75) is 62.2 Å². The topological polar surface area (TPSA) is 0 Å². The van der Waals surface area contributed by atoms with Crippen molar-refractivity contribution >= 4 is 23.5 Å². The van der Waals surface area contributed by atoms with Gasteiger partial charge in [0.05, 0.1) is 0 Å². The molecule has 0 atom stereocenters. The minimum absolute atomic E-state index is 0.234. The highest BCUT2D eigenvalue weighted by Gasteiger charge is 2.13. The molecule has 0 aliphatic heterocycles. The third-order valence-electron chi connectivity index (χ3n) is 4.06. The Balaban J connectivity index is 1.79. The maximum absolute atomic E-state index is 2.26. The molecule has 0 saturated carbocycles. The first-order valence-electron chi connectivity index (χ1n) is 8.63. The standard InChI is InChI=1S/C22H30S2/c1-21(2,3)17-7-11-19(12-8-17)23-15-16-24-20-13-9-18(10-14-20)22(4,5)6/h7-14H,15-16H2,1-6H3. The Hall–Kier alpha value is -0.860. The summed E-state index contributed by atoms with van der Waals surface area (Å²) in [5.74, 6) is 2.28. The van der Waals surface area contributed by atoms with Crippen LogP contribution < -0.4 is 0 Å². The van der Waals surface area contributed by atoms with E-state index in [-0.39, 0.29) is 10.8 Å². The van der Waals surface area contributed by atoms with Crippen LogP contribution in [0.3, 0.4) is 0 Å². The molecule has 0 bridgehead atoms. The number of hydrogen-bond acceptors (Lipinski definition) is 2. The molecule has 2 aromatic carbocycles. The van der Waals surface area contributed by atoms with Crippen LogP contribution in [-0.2, 0) is 10.8 Å². The summed E-state index contributed by atoms with van der Waals surface area (Å²) in [7, 11) is 0. The van der Waals surface area contributed by atoms with Gasteiger partial charge in [0.15, 0.2) is 0 Å². The molecule has 0 saturated heterocycles. The molecular weight excluding hydrogens is 328 g/mol. The van der Waals surface area contributed by atoms with E-state index in [4.69, 9.17) is 0 Å². The Labute approximate surface area is 156 Å². The zero-order valence-corrected chi connectivity index (χ0v) is 17.5. The van der Waals surface area contributed by atoms with Crippen molar-refractivity contribution in [2.75, 3.05) is 11.5 Å². The summed E-state index contributed by atoms with van der Waals surface area (Å²) in [6.07, 6.45) is 0. The molecule has 0 spiro atoms. The second kappa shape index (κ2) is 8.01. The third kappa shape index (κ3) is 5.89. The molecule has 0 N–H and O–H groups in total. The van der Waals surface area contributed by atoms with Gasteiger partial charge in [-0.3, -0.25) is 0 Å². The quantitative estimate of drug-likeness (QED) is 0.410. The van der Waals surface area contributed by atoms with Gasteiger partial charge in [-0.15, -0.1) is 23.5 Å². The third-order valence-corrected chi connectivity index (χ3v) is 6.35. The highest BCUT2D eigenvalue weighted by molar-refractivity contribution is 8.03. The van der Waals surface area contributed by atoms with E-state index in [2.05, 4.69) is 90.1 Å². The van der Waals surface area contributed by atoms with Crippen molar-refractivity contribution in [1.82, 2.24) is 0 Å². The van der Waals surface area contributed by atoms with Gasteiger partial charge in [-0.1, -0.05) is 65.8 Å². The lowest BCUT2D eigenvalue weighted by Crippen LogP contribution is -2.10. The lowest BCUT2D eigenvalue weighted by Gasteiger charge is -2.19. The highest BCUT2D eigenvalue weighted by atomic mass is 32.2. The average Bonchev–Trinajstić information content (AvgIpc) is 2.51. The molecule has 0 radical (unpaired) electrons. The second-order valence-electron chi connectivity index (χ2n) is 8.25. The van der Waals surface area contributed by atoms with Crippen LogP contribution >= 0.6 is 23.5 Å². The van der Waals surface area contributed by atoms with Gasteiger partial charge in [-0.2, -0.15) is 0 Å². The maximum Gasteiger partial charge on any atom is 0.00745 e. The van der Waals surface area contributed by atoms with Crippen molar-refractivity contribution in [3.63, 3.8) is 0 Å². The highest BCUT2D eigenvalue weighted by Crippen LogP contribution is 2.28. The molecule has 0 amide bonds. The van der Waals surface area contributed by atoms with Crippen LogP contribution in [0.25, 0.3) is 0 Å². The van der Waals surface area contributed by atoms with Crippen molar-refractivity contribution in [3.05, 3.63) is 59.7 Å². The van der Waals surface area contributed by atoms with Crippen molar-refractivity contribution in [1.29, 1.82) is 0 Å². The molecular formula is C22H30S2. The Morgan fingerprint density at radius 1 is 0.542 bits per heavy atom. The van der Waals surface area contributed by atoms with E-state index in [0.29, 0.717) is 0 Å². The monoisotopic (exact) mass is 358 g/mol. The summed E-state index contributed by atoms with van der Waals surface area (Å²) < 4.78 is 0. The maximum atomic E-state index is 2.26. The lowest BCUT2D eigenvalue weighted by atomic mass is 9.87. The first-order chi connectivity index (χ1) is 11.2. The van der Waals surface area contributed by atoms with Crippen LogP contribution in [0.4, 0.5) is 0 Å². The van der Waals surface area contributed by atoms with Gasteiger partial charge < -0.3 is 0 Å². The molecule has 2 aromatic rings. The summed E-state index contributed by atoms with van der Waals surface area (Å²) in [5, 5.41) is 0. The first kappa shape index (κ1) is 19.5. The summed E-state index contributed by atoms with van der Waals surface area (Å²) in [6.45, 7) is 13.6. The van der Waals surface area contributed by atoms with Crippen LogP contribution in [0.1, 0.15) is 52.7 Å². The van der Waals surface area contributed by atoms with Crippen molar-refractivity contribution in [3.8, 4) is 0 Å². The van der Waals surface area contributed by atoms with Gasteiger partial charge in [-0.05, 0) is 46.2 Å². The normalized spacial score (nSPS) is 12.4. The Morgan fingerprint density at radius 3 is 1.08 bits per heavy atom. The van der Waals surface area contributed by atoms with Gasteiger partial charge in [0, 0.05) is 21.3 Å². The van der Waals surface area contributed by atoms with E-state index >= 15 is 0 Å². The molecule has 0 nitrogen and oxygen atoms in total. The fraction of sp³-hybridized carbons (Fsp3) is 0.455. The van der Waals surface area contributed by atoms with Crippen molar-refractivity contribution < 1.29 is 0 Å². The van der Waals surface area contributed by atoms with Crippen LogP contribution in [-0.4, -0.2) is 11.5 Å². The second-order valence-corrected chi connectivity index (χ2v) is 10.6. The molecule has 0 aliphatic carbocycles. The molecule has 130 valence electrons. The molecule has 0 fully saturated rings. The van der Waals surface area contributed by atoms with E-state index < -0.39 is 0 Å². The Kier molecular flexibility index (Phi) is 6.50. The largest absolute Gasteiger partial charge is 0.125 e. The number of benzene rings is 2. The predicted molar refractivity (Wildman–Crippen MR) is 112 cm³/mol. The molecule has 0 aromatic heterocycles. The SMILES string of the molecule is CC(C)(C)c1ccc(SCCSc2ccc(C(C)(C)C)cc2)cc1. The first-order valence-corrected chi connectivity index (χ1v) is 10.6. The molecule has 0 aliphatic rings. The smallest absolute Gasteiger partial charge is 0.00745 e. The molecule has 2 heteroatoms. The van der Waals surface area contributed by atoms with E-state index in [1.54, 1.807) is 0 Å². The minimum Gasteiger partial charge on any atom is -0.125 e. The summed E-state index contributed by atoms with van der Waals surface area (Å²) >= 11 is 3.89. The van der Waals surface area contributed by atoms with Crippen LogP contribution in [0, 0.1) is 0 Å². The van der Waals surface area contributed by atoms with E-state index in [9.17, 15) is 0 Å². The van der Waals surface area contributed by atoms with Gasteiger partial charge in [-0.25, -0.2) is 0 Å². The van der Waals surface area contributed by atoms with Gasteiger partial charge in [0.1, 0.15) is 0 Å². The number of rotatable bonds is 5. The molecule has 24 heavy (non-hydrogen) atoms. The predicted octanol–water partition coefficient (Wildman–Crippen LogP) is 7.17. The van der Waals surface area contributed by atoms with Gasteiger partial charge in [0.2, 0.25) is 0 Å². The number of hydrogen-bond donors (Lipinski definition) is 0. The van der Waals surface area contributed by atoms with Crippen LogP contribution in [0.15, 0.2) is 58.3 Å². The lowest BCUT2D eigenvalue weighted by molar-refractivity contribution is 0.589. The molecule has 0 heterocycles. The van der Waals surface area contributed by atoms with Crippen LogP contribution in [0.2, 0.25) is 0 Å². The van der Waals surface area contributed by atoms with Gasteiger partial charge in [0.25, 0.3) is 0 Å². The molecule has 0 unspecified atom stereocenters. The van der Waals surface area contributed by atoms with Gasteiger partial charge >= 0.3 is 0 Å². The summed E-state index contributed by atoms with van der Waals surface area (Å²) in [4.78, 5) is 2.73. The van der Waals surface area contributed by atoms with E-state index in [1.165, 1.54) is 20.9 Å². The average molecular weight is 359 g/mol. The zero-order valence-electron chi connectivity index (χ0n) is 15.8. The van der Waals surface area contributed by atoms with Crippen molar-refractivity contribution in [2.24, 2.45) is 0 Å². The number of thioether (sulfide) groups is 2. The molecule has 2 rings (SSSR count). The summed E-state index contributed by atoms with van der Waals surface area (Å²) in [5.41, 5.74) is 3.27. The van der Waals surface area contributed by atoms with Crippen LogP contribution in [0.5, 0.6) is 0 Å². The fourth-order valence-electron chi connectivity index (χ4n) is 2.42. The zero-order chi connectivity index (χ0) is 17.8. The minimum atomic E-state index is 0.234. The Morgan fingerprint density at radius 2 is 0.833 bits per heavy atom. The fourth-order valence-corrected chi connectivity index (χ4v) is 4.22. The Bertz CT molecular complexity index is 566. The van der Waals surface area contributed by atoms with E-state index in [0.717, 1.165) is 11.5 Å². The summed E-state index contributed by atoms with van der Waals surface area (Å²) in [6, 6.07) is 18.1.